The molecule has 3 atom stereocenters. The highest BCUT2D eigenvalue weighted by Crippen LogP contribution is 2.36. The first-order valence-corrected chi connectivity index (χ1v) is 13.0. The molecule has 37 heavy (non-hydrogen) atoms. The van der Waals surface area contributed by atoms with Gasteiger partial charge in [-0.25, -0.2) is 13.8 Å². The van der Waals surface area contributed by atoms with Gasteiger partial charge in [-0.3, -0.25) is 14.4 Å². The minimum absolute atomic E-state index is 0.0217. The molecule has 1 saturated carbocycles. The minimum atomic E-state index is -0.774. The lowest BCUT2D eigenvalue weighted by atomic mass is 9.83. The molecule has 2 amide bonds. The quantitative estimate of drug-likeness (QED) is 0.523. The molecule has 7 nitrogen and oxygen atoms in total. The van der Waals surface area contributed by atoms with Crippen LogP contribution in [0.2, 0.25) is 0 Å². The van der Waals surface area contributed by atoms with E-state index in [0.29, 0.717) is 19.4 Å². The second kappa shape index (κ2) is 11.9. The van der Waals surface area contributed by atoms with E-state index in [1.54, 1.807) is 18.9 Å². The molecule has 4 rings (SSSR count). The SMILES string of the molecule is CNC(C)C(=O)NC(C(=O)N1CCC[C@H]1c1ccnc(C(=O)c2ccc(F)cc2)c1F)C1CCCCC1. The number of carbonyl (C=O) groups excluding carboxylic acids is 3. The first kappa shape index (κ1) is 26.9. The van der Waals surface area contributed by atoms with Crippen LogP contribution < -0.4 is 10.6 Å². The minimum Gasteiger partial charge on any atom is -0.343 e. The molecule has 1 aromatic heterocycles. The molecular formula is C28H34F2N4O3. The number of amides is 2. The van der Waals surface area contributed by atoms with E-state index in [4.69, 9.17) is 0 Å². The number of likely N-dealkylation sites (N-methyl/N-ethyl adjacent to an activating group) is 1. The van der Waals surface area contributed by atoms with Gasteiger partial charge in [-0.05, 0) is 75.9 Å². The highest BCUT2D eigenvalue weighted by molar-refractivity contribution is 6.08. The molecule has 2 unspecified atom stereocenters. The van der Waals surface area contributed by atoms with Crippen molar-refractivity contribution < 1.29 is 23.2 Å². The molecule has 198 valence electrons. The summed E-state index contributed by atoms with van der Waals surface area (Å²) in [5.74, 6) is -2.36. The van der Waals surface area contributed by atoms with Crippen LogP contribution in [0.15, 0.2) is 36.5 Å². The van der Waals surface area contributed by atoms with Gasteiger partial charge in [0, 0.05) is 23.9 Å². The molecule has 0 radical (unpaired) electrons. The topological polar surface area (TPSA) is 91.4 Å². The second-order valence-corrected chi connectivity index (χ2v) is 9.98. The van der Waals surface area contributed by atoms with E-state index in [1.165, 1.54) is 24.4 Å². The summed E-state index contributed by atoms with van der Waals surface area (Å²) in [5.41, 5.74) is -0.00459. The zero-order valence-corrected chi connectivity index (χ0v) is 21.3. The van der Waals surface area contributed by atoms with Crippen LogP contribution in [0.25, 0.3) is 0 Å². The maximum absolute atomic E-state index is 15.7. The van der Waals surface area contributed by atoms with Crippen molar-refractivity contribution in [3.63, 3.8) is 0 Å². The Kier molecular flexibility index (Phi) is 8.63. The number of halogens is 2. The number of nitrogens with zero attached hydrogens (tertiary/aromatic N) is 2. The van der Waals surface area contributed by atoms with E-state index < -0.39 is 35.5 Å². The average molecular weight is 513 g/mol. The van der Waals surface area contributed by atoms with Gasteiger partial charge in [0.25, 0.3) is 0 Å². The van der Waals surface area contributed by atoms with Gasteiger partial charge in [-0.2, -0.15) is 0 Å². The van der Waals surface area contributed by atoms with Gasteiger partial charge >= 0.3 is 0 Å². The van der Waals surface area contributed by atoms with Crippen molar-refractivity contribution in [3.8, 4) is 0 Å². The fourth-order valence-electron chi connectivity index (χ4n) is 5.40. The van der Waals surface area contributed by atoms with Gasteiger partial charge in [-0.1, -0.05) is 19.3 Å². The summed E-state index contributed by atoms with van der Waals surface area (Å²) in [5, 5.41) is 5.88. The highest BCUT2D eigenvalue weighted by Gasteiger charge is 2.40. The van der Waals surface area contributed by atoms with Gasteiger partial charge in [0.2, 0.25) is 17.6 Å². The van der Waals surface area contributed by atoms with E-state index >= 15 is 4.39 Å². The summed E-state index contributed by atoms with van der Waals surface area (Å²) in [4.78, 5) is 45.2. The number of likely N-dealkylation sites (tertiary alicyclic amines) is 1. The van der Waals surface area contributed by atoms with Crippen molar-refractivity contribution in [1.82, 2.24) is 20.5 Å². The van der Waals surface area contributed by atoms with E-state index in [1.807, 2.05) is 0 Å². The van der Waals surface area contributed by atoms with Crippen LogP contribution in [0.3, 0.4) is 0 Å². The molecule has 2 aliphatic rings. The lowest BCUT2D eigenvalue weighted by molar-refractivity contribution is -0.139. The maximum atomic E-state index is 15.7. The van der Waals surface area contributed by atoms with E-state index in [9.17, 15) is 18.8 Å². The molecule has 2 N–H and O–H groups in total. The van der Waals surface area contributed by atoms with Gasteiger partial charge in [0.1, 0.15) is 17.6 Å². The molecular weight excluding hydrogens is 478 g/mol. The molecule has 9 heteroatoms. The summed E-state index contributed by atoms with van der Waals surface area (Å²) in [7, 11) is 1.69. The molecule has 1 saturated heterocycles. The zero-order valence-electron chi connectivity index (χ0n) is 21.3. The fourth-order valence-corrected chi connectivity index (χ4v) is 5.40. The van der Waals surface area contributed by atoms with Crippen LogP contribution in [0, 0.1) is 17.6 Å². The molecule has 0 bridgehead atoms. The largest absolute Gasteiger partial charge is 0.343 e. The Morgan fingerprint density at radius 2 is 1.70 bits per heavy atom. The van der Waals surface area contributed by atoms with E-state index in [0.717, 1.165) is 44.2 Å². The Morgan fingerprint density at radius 3 is 2.38 bits per heavy atom. The molecule has 1 aromatic carbocycles. The summed E-state index contributed by atoms with van der Waals surface area (Å²) >= 11 is 0. The van der Waals surface area contributed by atoms with Gasteiger partial charge in [-0.15, -0.1) is 0 Å². The third-order valence-electron chi connectivity index (χ3n) is 7.65. The number of hydrogen-bond donors (Lipinski definition) is 2. The highest BCUT2D eigenvalue weighted by atomic mass is 19.1. The van der Waals surface area contributed by atoms with Crippen LogP contribution >= 0.6 is 0 Å². The summed E-state index contributed by atoms with van der Waals surface area (Å²) in [6, 6.07) is 4.66. The number of nitrogens with one attached hydrogen (secondary N) is 2. The Hall–Kier alpha value is -3.20. The first-order chi connectivity index (χ1) is 17.8. The number of pyridine rings is 1. The van der Waals surface area contributed by atoms with Gasteiger partial charge in [0.05, 0.1) is 12.1 Å². The predicted molar refractivity (Wildman–Crippen MR) is 135 cm³/mol. The van der Waals surface area contributed by atoms with Crippen LogP contribution in [0.4, 0.5) is 8.78 Å². The smallest absolute Gasteiger partial charge is 0.245 e. The first-order valence-electron chi connectivity index (χ1n) is 13.0. The molecule has 1 aliphatic heterocycles. The summed E-state index contributed by atoms with van der Waals surface area (Å²) in [6.07, 6.45) is 7.40. The van der Waals surface area contributed by atoms with E-state index in [2.05, 4.69) is 15.6 Å². The Balaban J connectivity index is 1.61. The monoisotopic (exact) mass is 512 g/mol. The third-order valence-corrected chi connectivity index (χ3v) is 7.65. The number of ketones is 1. The lowest BCUT2D eigenvalue weighted by Gasteiger charge is -2.35. The predicted octanol–water partition coefficient (Wildman–Crippen LogP) is 3.93. The number of aromatic nitrogens is 1. The Morgan fingerprint density at radius 1 is 1.00 bits per heavy atom. The average Bonchev–Trinajstić information content (AvgIpc) is 3.41. The molecule has 0 spiro atoms. The van der Waals surface area contributed by atoms with Crippen LogP contribution in [-0.2, 0) is 9.59 Å². The normalized spacial score (nSPS) is 19.9. The Labute approximate surface area is 216 Å². The zero-order chi connectivity index (χ0) is 26.5. The molecule has 2 aromatic rings. The van der Waals surface area contributed by atoms with Gasteiger partial charge in [0.15, 0.2) is 5.82 Å². The number of rotatable bonds is 8. The third kappa shape index (κ3) is 5.87. The van der Waals surface area contributed by atoms with Crippen LogP contribution in [-0.4, -0.2) is 53.2 Å². The Bertz CT molecular complexity index is 1130. The molecule has 2 fully saturated rings. The van der Waals surface area contributed by atoms with Crippen molar-refractivity contribution in [1.29, 1.82) is 0 Å². The lowest BCUT2D eigenvalue weighted by Crippen LogP contribution is -2.55. The second-order valence-electron chi connectivity index (χ2n) is 9.98. The number of carbonyl (C=O) groups is 3. The van der Waals surface area contributed by atoms with Crippen LogP contribution in [0.5, 0.6) is 0 Å². The standard InChI is InChI=1S/C28H34F2N4O3/c1-17(31-2)27(36)33-24(18-7-4-3-5-8-18)28(37)34-16-6-9-22(34)21-14-15-32-25(23(21)30)26(35)19-10-12-20(29)13-11-19/h10-15,17-18,22,24,31H,3-9,16H2,1-2H3,(H,33,36)/t17?,22-,24?/m0/s1. The van der Waals surface area contributed by atoms with Crippen LogP contribution in [0.1, 0.15) is 79.5 Å². The summed E-state index contributed by atoms with van der Waals surface area (Å²) in [6.45, 7) is 2.18. The number of hydrogen-bond acceptors (Lipinski definition) is 5. The fraction of sp³-hybridized carbons (Fsp3) is 0.500. The van der Waals surface area contributed by atoms with Crippen molar-refractivity contribution in [2.45, 2.75) is 70.0 Å². The molecule has 1 aliphatic carbocycles. The van der Waals surface area contributed by atoms with Crippen molar-refractivity contribution in [2.24, 2.45) is 5.92 Å². The molecule has 2 heterocycles. The van der Waals surface area contributed by atoms with Crippen molar-refractivity contribution >= 4 is 17.6 Å². The maximum Gasteiger partial charge on any atom is 0.245 e. The van der Waals surface area contributed by atoms with E-state index in [-0.39, 0.29) is 34.6 Å². The van der Waals surface area contributed by atoms with Crippen molar-refractivity contribution in [2.75, 3.05) is 13.6 Å². The van der Waals surface area contributed by atoms with Gasteiger partial charge < -0.3 is 15.5 Å². The number of benzene rings is 1. The summed E-state index contributed by atoms with van der Waals surface area (Å²) < 4.78 is 29.0. The van der Waals surface area contributed by atoms with Crippen molar-refractivity contribution in [3.05, 3.63) is 65.0 Å².